The normalized spacial score (nSPS) is 17.1. The average molecular weight is 424 g/mol. The molecule has 1 fully saturated rings. The minimum Gasteiger partial charge on any atom is -0.433 e. The second-order valence-corrected chi connectivity index (χ2v) is 7.70. The van der Waals surface area contributed by atoms with Crippen molar-refractivity contribution in [2.24, 2.45) is 4.99 Å². The Kier molecular flexibility index (Phi) is 7.62. The van der Waals surface area contributed by atoms with Crippen molar-refractivity contribution in [1.82, 2.24) is 15.6 Å². The molecule has 6 nitrogen and oxygen atoms in total. The number of guanidine groups is 1. The Morgan fingerprint density at radius 1 is 1.41 bits per heavy atom. The monoisotopic (exact) mass is 423 g/mol. The zero-order valence-corrected chi connectivity index (χ0v) is 17.5. The van der Waals surface area contributed by atoms with Gasteiger partial charge in [-0.3, -0.25) is 4.99 Å². The van der Waals surface area contributed by atoms with E-state index in [1.165, 1.54) is 0 Å². The van der Waals surface area contributed by atoms with Crippen molar-refractivity contribution >= 4 is 23.0 Å². The van der Waals surface area contributed by atoms with Crippen LogP contribution in [0.25, 0.3) is 0 Å². The summed E-state index contributed by atoms with van der Waals surface area (Å²) in [7, 11) is 1.74. The van der Waals surface area contributed by atoms with Crippen molar-refractivity contribution in [1.29, 1.82) is 0 Å². The van der Waals surface area contributed by atoms with Gasteiger partial charge in [0.15, 0.2) is 5.96 Å². The molecule has 0 aliphatic carbocycles. The molecule has 1 saturated heterocycles. The summed E-state index contributed by atoms with van der Waals surface area (Å²) in [6.07, 6.45) is 2.69. The van der Waals surface area contributed by atoms with E-state index in [0.717, 1.165) is 49.0 Å². The molecule has 3 rings (SSSR count). The van der Waals surface area contributed by atoms with Gasteiger partial charge in [-0.1, -0.05) is 19.1 Å². The number of halogens is 2. The van der Waals surface area contributed by atoms with E-state index in [1.54, 1.807) is 30.5 Å². The lowest BCUT2D eigenvalue weighted by Crippen LogP contribution is -2.45. The SMILES string of the molecule is CCc1nc(CCNC(=NC)NC2CCN(c3ccccc3OC(F)F)C2)cs1. The maximum Gasteiger partial charge on any atom is 0.387 e. The minimum absolute atomic E-state index is 0.173. The number of benzene rings is 1. The zero-order chi connectivity index (χ0) is 20.6. The molecule has 29 heavy (non-hydrogen) atoms. The van der Waals surface area contributed by atoms with Crippen LogP contribution in [0.15, 0.2) is 34.6 Å². The van der Waals surface area contributed by atoms with Crippen molar-refractivity contribution in [2.45, 2.75) is 38.8 Å². The van der Waals surface area contributed by atoms with E-state index in [1.807, 2.05) is 12.1 Å². The van der Waals surface area contributed by atoms with Crippen LogP contribution in [0.3, 0.4) is 0 Å². The Labute approximate surface area is 174 Å². The number of nitrogens with one attached hydrogen (secondary N) is 2. The lowest BCUT2D eigenvalue weighted by atomic mass is 10.2. The van der Waals surface area contributed by atoms with Crippen LogP contribution in [0.1, 0.15) is 24.0 Å². The summed E-state index contributed by atoms with van der Waals surface area (Å²) in [4.78, 5) is 10.9. The van der Waals surface area contributed by atoms with E-state index < -0.39 is 6.61 Å². The minimum atomic E-state index is -2.83. The molecule has 1 unspecified atom stereocenters. The van der Waals surface area contributed by atoms with Crippen LogP contribution >= 0.6 is 11.3 Å². The Morgan fingerprint density at radius 2 is 2.24 bits per heavy atom. The first kappa shape index (κ1) is 21.3. The molecule has 0 saturated carbocycles. The molecule has 2 heterocycles. The second-order valence-electron chi connectivity index (χ2n) is 6.76. The van der Waals surface area contributed by atoms with E-state index in [-0.39, 0.29) is 11.8 Å². The molecular formula is C20H27F2N5OS. The van der Waals surface area contributed by atoms with Crippen molar-refractivity contribution in [3.8, 4) is 5.75 Å². The van der Waals surface area contributed by atoms with Gasteiger partial charge in [0.05, 0.1) is 16.4 Å². The summed E-state index contributed by atoms with van der Waals surface area (Å²) in [5.74, 6) is 0.945. The molecule has 0 bridgehead atoms. The molecule has 1 aromatic carbocycles. The van der Waals surface area contributed by atoms with Gasteiger partial charge >= 0.3 is 6.61 Å². The molecule has 0 spiro atoms. The van der Waals surface area contributed by atoms with Crippen molar-refractivity contribution in [2.75, 3.05) is 31.6 Å². The Hall–Kier alpha value is -2.42. The number of para-hydroxylation sites is 2. The highest BCUT2D eigenvalue weighted by molar-refractivity contribution is 7.09. The third-order valence-electron chi connectivity index (χ3n) is 4.75. The van der Waals surface area contributed by atoms with Gasteiger partial charge in [0, 0.05) is 44.5 Å². The maximum atomic E-state index is 12.7. The van der Waals surface area contributed by atoms with Crippen LogP contribution in [-0.2, 0) is 12.8 Å². The average Bonchev–Trinajstić information content (AvgIpc) is 3.36. The lowest BCUT2D eigenvalue weighted by Gasteiger charge is -2.22. The largest absolute Gasteiger partial charge is 0.433 e. The molecule has 0 radical (unpaired) electrons. The van der Waals surface area contributed by atoms with Crippen LogP contribution in [0, 0.1) is 0 Å². The van der Waals surface area contributed by atoms with E-state index >= 15 is 0 Å². The summed E-state index contributed by atoms with van der Waals surface area (Å²) >= 11 is 1.70. The highest BCUT2D eigenvalue weighted by Crippen LogP contribution is 2.31. The molecule has 2 aromatic rings. The number of hydrogen-bond acceptors (Lipinski definition) is 5. The molecule has 9 heteroatoms. The van der Waals surface area contributed by atoms with Gasteiger partial charge in [-0.05, 0) is 25.0 Å². The number of nitrogens with zero attached hydrogens (tertiary/aromatic N) is 3. The number of aryl methyl sites for hydroxylation is 1. The first-order chi connectivity index (χ1) is 14.1. The number of thiazole rings is 1. The Morgan fingerprint density at radius 3 is 2.97 bits per heavy atom. The van der Waals surface area contributed by atoms with Crippen molar-refractivity contribution in [3.05, 3.63) is 40.3 Å². The number of rotatable bonds is 8. The predicted octanol–water partition coefficient (Wildman–Crippen LogP) is 3.29. The highest BCUT2D eigenvalue weighted by atomic mass is 32.1. The van der Waals surface area contributed by atoms with Gasteiger partial charge in [0.25, 0.3) is 0 Å². The van der Waals surface area contributed by atoms with Gasteiger partial charge in [0.1, 0.15) is 5.75 Å². The number of ether oxygens (including phenoxy) is 1. The summed E-state index contributed by atoms with van der Waals surface area (Å²) in [6, 6.07) is 7.09. The van der Waals surface area contributed by atoms with Crippen molar-refractivity contribution in [3.63, 3.8) is 0 Å². The van der Waals surface area contributed by atoms with E-state index in [9.17, 15) is 8.78 Å². The summed E-state index contributed by atoms with van der Waals surface area (Å²) in [5, 5.41) is 10.0. The van der Waals surface area contributed by atoms with Crippen LogP contribution in [0.5, 0.6) is 5.75 Å². The quantitative estimate of drug-likeness (QED) is 0.504. The summed E-state index contributed by atoms with van der Waals surface area (Å²) < 4.78 is 30.0. The fourth-order valence-electron chi connectivity index (χ4n) is 3.33. The third-order valence-corrected chi connectivity index (χ3v) is 5.79. The summed E-state index contributed by atoms with van der Waals surface area (Å²) in [5.41, 5.74) is 1.78. The van der Waals surface area contributed by atoms with Gasteiger partial charge in [-0.2, -0.15) is 8.78 Å². The first-order valence-corrected chi connectivity index (χ1v) is 10.7. The maximum absolute atomic E-state index is 12.7. The van der Waals surface area contributed by atoms with Crippen LogP contribution < -0.4 is 20.3 Å². The standard InChI is InChI=1S/C20H27F2N5OS/c1-3-18-25-15(13-29-18)8-10-24-20(23-2)26-14-9-11-27(12-14)16-6-4-5-7-17(16)28-19(21)22/h4-7,13-14,19H,3,8-12H2,1-2H3,(H2,23,24,26). The molecule has 158 valence electrons. The van der Waals surface area contributed by atoms with Crippen LogP contribution in [0.2, 0.25) is 0 Å². The highest BCUT2D eigenvalue weighted by Gasteiger charge is 2.26. The number of anilines is 1. The smallest absolute Gasteiger partial charge is 0.387 e. The Balaban J connectivity index is 1.49. The molecule has 1 aliphatic heterocycles. The predicted molar refractivity (Wildman–Crippen MR) is 113 cm³/mol. The number of hydrogen-bond donors (Lipinski definition) is 2. The molecule has 1 aliphatic rings. The number of aliphatic imine (C=N–C) groups is 1. The fraction of sp³-hybridized carbons (Fsp3) is 0.500. The first-order valence-electron chi connectivity index (χ1n) is 9.78. The van der Waals surface area contributed by atoms with Crippen molar-refractivity contribution < 1.29 is 13.5 Å². The number of alkyl halides is 2. The topological polar surface area (TPSA) is 61.8 Å². The molecule has 2 N–H and O–H groups in total. The third kappa shape index (κ3) is 6.03. The molecule has 1 atom stereocenters. The van der Waals surface area contributed by atoms with E-state index in [4.69, 9.17) is 0 Å². The fourth-order valence-corrected chi connectivity index (χ4v) is 4.11. The van der Waals surface area contributed by atoms with Gasteiger partial charge in [-0.15, -0.1) is 11.3 Å². The van der Waals surface area contributed by atoms with Crippen LogP contribution in [0.4, 0.5) is 14.5 Å². The molecular weight excluding hydrogens is 396 g/mol. The van der Waals surface area contributed by atoms with E-state index in [2.05, 4.69) is 42.6 Å². The second kappa shape index (κ2) is 10.4. The molecule has 0 amide bonds. The van der Waals surface area contributed by atoms with Gasteiger partial charge in [0.2, 0.25) is 0 Å². The number of aromatic nitrogens is 1. The zero-order valence-electron chi connectivity index (χ0n) is 16.7. The Bertz CT molecular complexity index is 814. The summed E-state index contributed by atoms with van der Waals surface area (Å²) in [6.45, 7) is 1.47. The van der Waals surface area contributed by atoms with Gasteiger partial charge in [-0.25, -0.2) is 4.98 Å². The van der Waals surface area contributed by atoms with Crippen LogP contribution in [-0.4, -0.2) is 50.3 Å². The van der Waals surface area contributed by atoms with Gasteiger partial charge < -0.3 is 20.3 Å². The molecule has 1 aromatic heterocycles. The lowest BCUT2D eigenvalue weighted by molar-refractivity contribution is -0.0495. The van der Waals surface area contributed by atoms with E-state index in [0.29, 0.717) is 12.2 Å².